The van der Waals surface area contributed by atoms with E-state index in [1.165, 1.54) is 19.2 Å². The van der Waals surface area contributed by atoms with Gasteiger partial charge in [0.1, 0.15) is 12.7 Å². The second-order valence-electron chi connectivity index (χ2n) is 7.03. The molecular weight excluding hydrogens is 332 g/mol. The number of fused-ring (bicyclic) bond motifs is 3. The molecule has 0 N–H and O–H groups in total. The zero-order valence-corrected chi connectivity index (χ0v) is 14.4. The second kappa shape index (κ2) is 6.14. The lowest BCUT2D eigenvalue weighted by molar-refractivity contribution is -0.163. The van der Waals surface area contributed by atoms with Gasteiger partial charge in [0, 0.05) is 19.2 Å². The molecule has 1 fully saturated rings. The summed E-state index contributed by atoms with van der Waals surface area (Å²) < 4.78 is 23.7. The van der Waals surface area contributed by atoms with Crippen molar-refractivity contribution >= 4 is 11.9 Å². The van der Waals surface area contributed by atoms with Gasteiger partial charge in [0.25, 0.3) is 5.56 Å². The summed E-state index contributed by atoms with van der Waals surface area (Å²) in [5, 5.41) is 0. The molecule has 1 aromatic rings. The molecule has 4 atom stereocenters. The van der Waals surface area contributed by atoms with E-state index < -0.39 is 41.5 Å². The van der Waals surface area contributed by atoms with E-state index in [1.807, 2.05) is 0 Å². The summed E-state index contributed by atoms with van der Waals surface area (Å²) >= 11 is 0. The Hall–Kier alpha value is -2.42. The van der Waals surface area contributed by atoms with E-state index in [2.05, 4.69) is 4.98 Å². The van der Waals surface area contributed by atoms with Crippen molar-refractivity contribution in [3.63, 3.8) is 0 Å². The maximum absolute atomic E-state index is 12.0. The third-order valence-electron chi connectivity index (χ3n) is 3.90. The number of rotatable bonds is 3. The summed E-state index contributed by atoms with van der Waals surface area (Å²) in [7, 11) is 0. The van der Waals surface area contributed by atoms with Crippen molar-refractivity contribution in [3.05, 3.63) is 22.6 Å². The first-order valence-electron chi connectivity index (χ1n) is 7.92. The molecule has 2 aliphatic rings. The summed E-state index contributed by atoms with van der Waals surface area (Å²) in [4.78, 5) is 38.5. The van der Waals surface area contributed by atoms with Crippen LogP contribution < -0.4 is 10.3 Å². The van der Waals surface area contributed by atoms with Gasteiger partial charge in [0.05, 0.1) is 5.41 Å². The van der Waals surface area contributed by atoms with Crippen molar-refractivity contribution in [3.8, 4) is 6.01 Å². The lowest BCUT2D eigenvalue weighted by atomic mass is 9.97. The Labute approximate surface area is 143 Å². The molecule has 0 spiro atoms. The molecule has 0 aliphatic carbocycles. The smallest absolute Gasteiger partial charge is 0.311 e. The lowest BCUT2D eigenvalue weighted by Crippen LogP contribution is -2.40. The highest BCUT2D eigenvalue weighted by Gasteiger charge is 2.54. The number of hydrogen-bond donors (Lipinski definition) is 0. The van der Waals surface area contributed by atoms with Crippen LogP contribution in [0.5, 0.6) is 6.01 Å². The fraction of sp³-hybridized carbons (Fsp3) is 0.625. The van der Waals surface area contributed by atoms with Gasteiger partial charge < -0.3 is 18.9 Å². The van der Waals surface area contributed by atoms with E-state index in [0.29, 0.717) is 0 Å². The number of esters is 2. The SMILES string of the molecule is CC(=O)OC1C(COC(=O)C(C)(C)C)OC2C1Oc1nc(=O)ccn12. The van der Waals surface area contributed by atoms with Crippen molar-refractivity contribution in [1.82, 2.24) is 9.55 Å². The van der Waals surface area contributed by atoms with Crippen LogP contribution >= 0.6 is 0 Å². The van der Waals surface area contributed by atoms with E-state index in [9.17, 15) is 14.4 Å². The Morgan fingerprint density at radius 3 is 2.72 bits per heavy atom. The van der Waals surface area contributed by atoms with Crippen LogP contribution in [0.2, 0.25) is 0 Å². The van der Waals surface area contributed by atoms with Crippen LogP contribution in [0.15, 0.2) is 17.1 Å². The maximum atomic E-state index is 12.0. The molecule has 9 nitrogen and oxygen atoms in total. The average molecular weight is 352 g/mol. The number of carbonyl (C=O) groups excluding carboxylic acids is 2. The van der Waals surface area contributed by atoms with Crippen LogP contribution in [0.4, 0.5) is 0 Å². The van der Waals surface area contributed by atoms with Crippen molar-refractivity contribution in [1.29, 1.82) is 0 Å². The first-order valence-corrected chi connectivity index (χ1v) is 7.92. The van der Waals surface area contributed by atoms with Gasteiger partial charge in [-0.15, -0.1) is 0 Å². The molecule has 0 radical (unpaired) electrons. The number of ether oxygens (including phenoxy) is 4. The molecule has 25 heavy (non-hydrogen) atoms. The van der Waals surface area contributed by atoms with Gasteiger partial charge in [-0.05, 0) is 20.8 Å². The molecule has 0 saturated carbocycles. The Kier molecular flexibility index (Phi) is 4.28. The van der Waals surface area contributed by atoms with Gasteiger partial charge in [-0.1, -0.05) is 0 Å². The lowest BCUT2D eigenvalue weighted by Gasteiger charge is -2.23. The van der Waals surface area contributed by atoms with E-state index in [0.717, 1.165) is 0 Å². The zero-order chi connectivity index (χ0) is 18.4. The van der Waals surface area contributed by atoms with Gasteiger partial charge in [-0.25, -0.2) is 0 Å². The second-order valence-corrected chi connectivity index (χ2v) is 7.03. The topological polar surface area (TPSA) is 106 Å². The fourth-order valence-electron chi connectivity index (χ4n) is 2.70. The van der Waals surface area contributed by atoms with Gasteiger partial charge >= 0.3 is 17.9 Å². The highest BCUT2D eigenvalue weighted by Crippen LogP contribution is 2.40. The monoisotopic (exact) mass is 352 g/mol. The van der Waals surface area contributed by atoms with Gasteiger partial charge in [-0.2, -0.15) is 4.98 Å². The first-order chi connectivity index (χ1) is 11.7. The standard InChI is InChI=1S/C16H20N2O7/c1-8(19)23-11-9(7-22-14(21)16(2,3)4)24-13-12(11)25-15-17-10(20)5-6-18(13)15/h5-6,9,11-13H,7H2,1-4H3. The largest absolute Gasteiger partial charge is 0.462 e. The summed E-state index contributed by atoms with van der Waals surface area (Å²) in [5.74, 6) is -0.898. The number of carbonyl (C=O) groups is 2. The minimum absolute atomic E-state index is 0.0760. The fourth-order valence-corrected chi connectivity index (χ4v) is 2.70. The predicted molar refractivity (Wildman–Crippen MR) is 82.8 cm³/mol. The molecule has 3 rings (SSSR count). The van der Waals surface area contributed by atoms with Gasteiger partial charge in [0.2, 0.25) is 0 Å². The van der Waals surface area contributed by atoms with Crippen LogP contribution in [-0.2, 0) is 23.8 Å². The zero-order valence-electron chi connectivity index (χ0n) is 14.4. The Bertz CT molecular complexity index is 752. The average Bonchev–Trinajstić information content (AvgIpc) is 2.99. The number of nitrogens with zero attached hydrogens (tertiary/aromatic N) is 2. The quantitative estimate of drug-likeness (QED) is 0.721. The third-order valence-corrected chi connectivity index (χ3v) is 3.90. The molecule has 0 aromatic carbocycles. The predicted octanol–water partition coefficient (Wildman–Crippen LogP) is 0.423. The van der Waals surface area contributed by atoms with Crippen molar-refractivity contribution in [2.45, 2.75) is 52.2 Å². The Balaban J connectivity index is 1.78. The minimum atomic E-state index is -0.785. The summed E-state index contributed by atoms with van der Waals surface area (Å²) in [5.41, 5.74) is -1.09. The summed E-state index contributed by atoms with van der Waals surface area (Å²) in [6.45, 7) is 6.42. The van der Waals surface area contributed by atoms with Crippen molar-refractivity contribution in [2.24, 2.45) is 5.41 Å². The molecule has 2 aliphatic heterocycles. The molecule has 1 aromatic heterocycles. The Morgan fingerprint density at radius 2 is 2.08 bits per heavy atom. The molecule has 0 amide bonds. The van der Waals surface area contributed by atoms with Crippen LogP contribution in [0.1, 0.15) is 33.9 Å². The van der Waals surface area contributed by atoms with E-state index in [4.69, 9.17) is 18.9 Å². The molecule has 0 bridgehead atoms. The highest BCUT2D eigenvalue weighted by atomic mass is 16.7. The third kappa shape index (κ3) is 3.37. The molecule has 136 valence electrons. The minimum Gasteiger partial charge on any atom is -0.462 e. The highest BCUT2D eigenvalue weighted by molar-refractivity contribution is 5.75. The van der Waals surface area contributed by atoms with E-state index >= 15 is 0 Å². The van der Waals surface area contributed by atoms with E-state index in [-0.39, 0.29) is 18.6 Å². The van der Waals surface area contributed by atoms with E-state index in [1.54, 1.807) is 25.3 Å². The first kappa shape index (κ1) is 17.4. The molecule has 1 saturated heterocycles. The molecule has 4 unspecified atom stereocenters. The summed E-state index contributed by atoms with van der Waals surface area (Å²) in [6.07, 6.45) is -1.25. The van der Waals surface area contributed by atoms with Crippen molar-refractivity contribution < 1.29 is 28.5 Å². The maximum Gasteiger partial charge on any atom is 0.311 e. The van der Waals surface area contributed by atoms with Crippen LogP contribution in [-0.4, -0.2) is 46.4 Å². The number of hydrogen-bond acceptors (Lipinski definition) is 8. The summed E-state index contributed by atoms with van der Waals surface area (Å²) in [6, 6.07) is 1.39. The van der Waals surface area contributed by atoms with Gasteiger partial charge in [-0.3, -0.25) is 19.0 Å². The Morgan fingerprint density at radius 1 is 1.36 bits per heavy atom. The van der Waals surface area contributed by atoms with Crippen LogP contribution in [0.25, 0.3) is 0 Å². The van der Waals surface area contributed by atoms with Crippen molar-refractivity contribution in [2.75, 3.05) is 6.61 Å². The van der Waals surface area contributed by atoms with Gasteiger partial charge in [0.15, 0.2) is 18.4 Å². The number of aromatic nitrogens is 2. The normalized spacial score (nSPS) is 27.2. The van der Waals surface area contributed by atoms with Crippen LogP contribution in [0, 0.1) is 5.41 Å². The molecular formula is C16H20N2O7. The molecule has 9 heteroatoms. The van der Waals surface area contributed by atoms with Crippen LogP contribution in [0.3, 0.4) is 0 Å². The molecule has 3 heterocycles.